The van der Waals surface area contributed by atoms with E-state index in [-0.39, 0.29) is 0 Å². The van der Waals surface area contributed by atoms with Crippen molar-refractivity contribution in [3.63, 3.8) is 0 Å². The number of imidazole rings is 1. The van der Waals surface area contributed by atoms with Crippen molar-refractivity contribution < 1.29 is 0 Å². The van der Waals surface area contributed by atoms with Crippen molar-refractivity contribution in [2.75, 3.05) is 13.6 Å². The van der Waals surface area contributed by atoms with Crippen LogP contribution in [0.1, 0.15) is 25.5 Å². The van der Waals surface area contributed by atoms with E-state index in [4.69, 9.17) is 4.98 Å². The molecule has 3 rings (SSSR count). The van der Waals surface area contributed by atoms with Crippen LogP contribution in [0.4, 0.5) is 0 Å². The maximum Gasteiger partial charge on any atom is 0.193 e. The lowest BCUT2D eigenvalue weighted by Crippen LogP contribution is -2.34. The molecule has 0 bridgehead atoms. The molecule has 92 valence electrons. The third-order valence-electron chi connectivity index (χ3n) is 3.87. The Morgan fingerprint density at radius 1 is 1.59 bits per heavy atom. The van der Waals surface area contributed by atoms with Gasteiger partial charge in [0.25, 0.3) is 0 Å². The van der Waals surface area contributed by atoms with Crippen LogP contribution in [-0.4, -0.2) is 23.0 Å². The number of nitrogens with zero attached hydrogens (tertiary/aromatic N) is 2. The normalized spacial score (nSPS) is 19.6. The molecule has 0 spiro atoms. The van der Waals surface area contributed by atoms with Crippen LogP contribution in [-0.2, 0) is 6.42 Å². The molecule has 17 heavy (non-hydrogen) atoms. The van der Waals surface area contributed by atoms with Crippen molar-refractivity contribution in [1.29, 1.82) is 0 Å². The van der Waals surface area contributed by atoms with Gasteiger partial charge in [0.1, 0.15) is 0 Å². The van der Waals surface area contributed by atoms with Crippen LogP contribution in [0.15, 0.2) is 17.8 Å². The predicted octanol–water partition coefficient (Wildman–Crippen LogP) is 2.57. The molecule has 4 heteroatoms. The van der Waals surface area contributed by atoms with Gasteiger partial charge in [-0.1, -0.05) is 6.92 Å². The number of hydrogen-bond donors (Lipinski definition) is 1. The first-order chi connectivity index (χ1) is 8.21. The predicted molar refractivity (Wildman–Crippen MR) is 71.5 cm³/mol. The third-order valence-corrected chi connectivity index (χ3v) is 4.64. The van der Waals surface area contributed by atoms with Gasteiger partial charge in [-0.05, 0) is 37.6 Å². The number of aromatic nitrogens is 2. The lowest BCUT2D eigenvalue weighted by atomic mass is 9.80. The second-order valence-electron chi connectivity index (χ2n) is 5.46. The average Bonchev–Trinajstić information content (AvgIpc) is 2.94. The first kappa shape index (κ1) is 11.2. The van der Waals surface area contributed by atoms with Gasteiger partial charge in [-0.25, -0.2) is 4.98 Å². The molecule has 1 aliphatic rings. The van der Waals surface area contributed by atoms with E-state index in [1.807, 2.05) is 7.05 Å². The molecular weight excluding hydrogens is 230 g/mol. The smallest absolute Gasteiger partial charge is 0.193 e. The van der Waals surface area contributed by atoms with Gasteiger partial charge < -0.3 is 5.32 Å². The SMILES string of the molecule is CNCC(C)(Cc1cn2ccsc2n1)C1CC1. The Labute approximate surface area is 106 Å². The van der Waals surface area contributed by atoms with Crippen molar-refractivity contribution in [3.8, 4) is 0 Å². The van der Waals surface area contributed by atoms with Crippen molar-refractivity contribution >= 4 is 16.3 Å². The monoisotopic (exact) mass is 249 g/mol. The molecule has 1 fully saturated rings. The van der Waals surface area contributed by atoms with Gasteiger partial charge in [-0.15, -0.1) is 11.3 Å². The summed E-state index contributed by atoms with van der Waals surface area (Å²) in [5.74, 6) is 0.884. The highest BCUT2D eigenvalue weighted by Gasteiger charge is 2.41. The molecule has 1 saturated carbocycles. The van der Waals surface area contributed by atoms with E-state index in [0.29, 0.717) is 5.41 Å². The molecule has 2 aromatic heterocycles. The maximum absolute atomic E-state index is 4.70. The quantitative estimate of drug-likeness (QED) is 0.882. The van der Waals surface area contributed by atoms with Gasteiger partial charge in [-0.3, -0.25) is 4.40 Å². The summed E-state index contributed by atoms with van der Waals surface area (Å²) in [6.45, 7) is 3.48. The molecule has 2 heterocycles. The highest BCUT2D eigenvalue weighted by atomic mass is 32.1. The lowest BCUT2D eigenvalue weighted by molar-refractivity contribution is 0.261. The Morgan fingerprint density at radius 2 is 2.41 bits per heavy atom. The fourth-order valence-electron chi connectivity index (χ4n) is 2.81. The Balaban J connectivity index is 1.82. The molecule has 0 aliphatic heterocycles. The highest BCUT2D eigenvalue weighted by Crippen LogP contribution is 2.46. The van der Waals surface area contributed by atoms with Crippen molar-refractivity contribution in [3.05, 3.63) is 23.5 Å². The molecule has 0 amide bonds. The first-order valence-corrected chi connectivity index (χ1v) is 7.15. The molecule has 2 aromatic rings. The summed E-state index contributed by atoms with van der Waals surface area (Å²) in [6, 6.07) is 0. The average molecular weight is 249 g/mol. The minimum Gasteiger partial charge on any atom is -0.319 e. The molecule has 3 nitrogen and oxygen atoms in total. The van der Waals surface area contributed by atoms with Gasteiger partial charge in [0, 0.05) is 24.3 Å². The minimum absolute atomic E-state index is 0.374. The Hall–Kier alpha value is -0.870. The van der Waals surface area contributed by atoms with Crippen LogP contribution in [0.2, 0.25) is 0 Å². The van der Waals surface area contributed by atoms with Gasteiger partial charge in [-0.2, -0.15) is 0 Å². The second-order valence-corrected chi connectivity index (χ2v) is 6.33. The Bertz CT molecular complexity index is 483. The zero-order valence-electron chi connectivity index (χ0n) is 10.4. The standard InChI is InChI=1S/C13H19N3S/c1-13(9-14-2,10-3-4-10)7-11-8-16-5-6-17-12(16)15-11/h5-6,8,10,14H,3-4,7,9H2,1-2H3. The number of fused-ring (bicyclic) bond motifs is 1. The summed E-state index contributed by atoms with van der Waals surface area (Å²) in [5.41, 5.74) is 1.61. The molecule has 0 saturated heterocycles. The topological polar surface area (TPSA) is 29.3 Å². The molecular formula is C13H19N3S. The summed E-state index contributed by atoms with van der Waals surface area (Å²) >= 11 is 1.71. The van der Waals surface area contributed by atoms with E-state index in [2.05, 4.69) is 34.4 Å². The van der Waals surface area contributed by atoms with Gasteiger partial charge in [0.2, 0.25) is 0 Å². The van der Waals surface area contributed by atoms with Crippen molar-refractivity contribution in [1.82, 2.24) is 14.7 Å². The van der Waals surface area contributed by atoms with Crippen LogP contribution in [0, 0.1) is 11.3 Å². The van der Waals surface area contributed by atoms with Crippen LogP contribution >= 0.6 is 11.3 Å². The minimum atomic E-state index is 0.374. The highest BCUT2D eigenvalue weighted by molar-refractivity contribution is 7.15. The zero-order chi connectivity index (χ0) is 11.9. The van der Waals surface area contributed by atoms with E-state index < -0.39 is 0 Å². The van der Waals surface area contributed by atoms with Crippen LogP contribution in [0.25, 0.3) is 4.96 Å². The van der Waals surface area contributed by atoms with Crippen LogP contribution in [0.5, 0.6) is 0 Å². The molecule has 1 atom stereocenters. The summed E-state index contributed by atoms with van der Waals surface area (Å²) in [4.78, 5) is 5.82. The van der Waals surface area contributed by atoms with Gasteiger partial charge in [0.15, 0.2) is 4.96 Å². The number of rotatable bonds is 5. The van der Waals surface area contributed by atoms with E-state index in [1.165, 1.54) is 18.5 Å². The Kier molecular flexibility index (Phi) is 2.71. The molecule has 1 N–H and O–H groups in total. The summed E-state index contributed by atoms with van der Waals surface area (Å²) in [5, 5.41) is 5.43. The lowest BCUT2D eigenvalue weighted by Gasteiger charge is -2.28. The van der Waals surface area contributed by atoms with Crippen molar-refractivity contribution in [2.45, 2.75) is 26.2 Å². The molecule has 1 aliphatic carbocycles. The third kappa shape index (κ3) is 2.11. The van der Waals surface area contributed by atoms with E-state index in [9.17, 15) is 0 Å². The van der Waals surface area contributed by atoms with Crippen molar-refractivity contribution in [2.24, 2.45) is 11.3 Å². The largest absolute Gasteiger partial charge is 0.319 e. The maximum atomic E-state index is 4.70. The molecule has 0 radical (unpaired) electrons. The fraction of sp³-hybridized carbons (Fsp3) is 0.615. The van der Waals surface area contributed by atoms with E-state index in [1.54, 1.807) is 11.3 Å². The van der Waals surface area contributed by atoms with Gasteiger partial charge >= 0.3 is 0 Å². The summed E-state index contributed by atoms with van der Waals surface area (Å²) < 4.78 is 2.13. The summed E-state index contributed by atoms with van der Waals surface area (Å²) in [7, 11) is 2.05. The fourth-order valence-corrected chi connectivity index (χ4v) is 3.53. The Morgan fingerprint density at radius 3 is 3.06 bits per heavy atom. The summed E-state index contributed by atoms with van der Waals surface area (Å²) in [6.07, 6.45) is 8.14. The number of thiazole rings is 1. The van der Waals surface area contributed by atoms with Gasteiger partial charge in [0.05, 0.1) is 5.69 Å². The molecule has 1 unspecified atom stereocenters. The number of nitrogens with one attached hydrogen (secondary N) is 1. The molecule has 0 aromatic carbocycles. The number of hydrogen-bond acceptors (Lipinski definition) is 3. The van der Waals surface area contributed by atoms with Crippen LogP contribution in [0.3, 0.4) is 0 Å². The zero-order valence-corrected chi connectivity index (χ0v) is 11.3. The van der Waals surface area contributed by atoms with Crippen LogP contribution < -0.4 is 5.32 Å². The first-order valence-electron chi connectivity index (χ1n) is 6.27. The van der Waals surface area contributed by atoms with E-state index in [0.717, 1.165) is 23.8 Å². The second kappa shape index (κ2) is 4.10. The van der Waals surface area contributed by atoms with E-state index >= 15 is 0 Å².